The Morgan fingerprint density at radius 3 is 2.00 bits per heavy atom. The Bertz CT molecular complexity index is 737. The fourth-order valence-electron chi connectivity index (χ4n) is 4.04. The summed E-state index contributed by atoms with van der Waals surface area (Å²) in [5, 5.41) is 18.5. The van der Waals surface area contributed by atoms with Gasteiger partial charge in [-0.05, 0) is 6.92 Å². The van der Waals surface area contributed by atoms with E-state index in [4.69, 9.17) is 9.84 Å². The van der Waals surface area contributed by atoms with Crippen LogP contribution in [0.1, 0.15) is 109 Å². The van der Waals surface area contributed by atoms with Gasteiger partial charge in [0.15, 0.2) is 0 Å². The molecule has 0 bridgehead atoms. The van der Waals surface area contributed by atoms with Gasteiger partial charge in [0.05, 0.1) is 12.7 Å². The van der Waals surface area contributed by atoms with Gasteiger partial charge in [-0.15, -0.1) is 0 Å². The number of rotatable bonds is 16. The van der Waals surface area contributed by atoms with E-state index in [1.807, 2.05) is 0 Å². The van der Waals surface area contributed by atoms with Gasteiger partial charge < -0.3 is 14.9 Å². The minimum absolute atomic E-state index is 0.0736. The van der Waals surface area contributed by atoms with Crippen LogP contribution < -0.4 is 11.2 Å². The molecule has 3 atom stereocenters. The van der Waals surface area contributed by atoms with E-state index in [1.165, 1.54) is 75.0 Å². The number of aliphatic hydroxyl groups is 2. The van der Waals surface area contributed by atoms with Crippen molar-refractivity contribution in [1.29, 1.82) is 0 Å². The van der Waals surface area contributed by atoms with E-state index in [0.29, 0.717) is 5.56 Å². The molecule has 7 nitrogen and oxygen atoms in total. The molecule has 1 fully saturated rings. The minimum atomic E-state index is -0.816. The number of nitrogens with one attached hydrogen (secondary N) is 1. The predicted octanol–water partition coefficient (Wildman–Crippen LogP) is 4.73. The van der Waals surface area contributed by atoms with Gasteiger partial charge >= 0.3 is 127 Å². The second kappa shape index (κ2) is 19.5. The van der Waals surface area contributed by atoms with Crippen molar-refractivity contribution in [2.75, 3.05) is 6.61 Å². The molecule has 3 unspecified atom stereocenters. The van der Waals surface area contributed by atoms with Crippen LogP contribution in [0.5, 0.6) is 0 Å². The SMILES string of the molecule is CCCCCCC[CH2][Sn][CH2]CCCCCCC.Cc1cn(C2CC(O)C(CO)O2)c(=O)[nH]c1=O. The summed E-state index contributed by atoms with van der Waals surface area (Å²) in [6.07, 6.45) is 17.3. The topological polar surface area (TPSA) is 105 Å². The molecule has 2 rings (SSSR count). The van der Waals surface area contributed by atoms with Crippen molar-refractivity contribution in [3.8, 4) is 0 Å². The summed E-state index contributed by atoms with van der Waals surface area (Å²) in [4.78, 5) is 24.9. The number of nitrogens with zero attached hydrogens (tertiary/aromatic N) is 1. The van der Waals surface area contributed by atoms with Crippen LogP contribution in [0.15, 0.2) is 15.8 Å². The summed E-state index contributed by atoms with van der Waals surface area (Å²) in [5.74, 6) is 0. The number of hydrogen-bond donors (Lipinski definition) is 3. The average molecular weight is 587 g/mol. The van der Waals surface area contributed by atoms with E-state index < -0.39 is 29.7 Å². The molecule has 0 aliphatic carbocycles. The molecular weight excluding hydrogens is 539 g/mol. The standard InChI is InChI=1S/C10H14N2O5.2C8H17.Sn/c1-5-3-12(10(16)11-9(5)15)8-2-6(14)7(4-13)17-8;2*1-3-5-7-8-6-4-2;/h3,6-8,13-14H,2,4H2,1H3,(H,11,15,16);2*1,3-8H2,2H3;. The zero-order valence-electron chi connectivity index (χ0n) is 21.7. The van der Waals surface area contributed by atoms with E-state index in [-0.39, 0.29) is 34.2 Å². The fraction of sp³-hybridized carbons (Fsp3) is 0.846. The Morgan fingerprint density at radius 1 is 0.971 bits per heavy atom. The summed E-state index contributed by atoms with van der Waals surface area (Å²) in [5.41, 5.74) is -0.643. The van der Waals surface area contributed by atoms with Gasteiger partial charge in [0.2, 0.25) is 0 Å². The fourth-order valence-corrected chi connectivity index (χ4v) is 7.60. The van der Waals surface area contributed by atoms with Crippen LogP contribution in [0.2, 0.25) is 8.87 Å². The number of aryl methyl sites for hydroxylation is 1. The Labute approximate surface area is 215 Å². The van der Waals surface area contributed by atoms with Gasteiger partial charge in [-0.3, -0.25) is 14.3 Å². The maximum atomic E-state index is 11.6. The zero-order valence-corrected chi connectivity index (χ0v) is 24.5. The normalized spacial score (nSPS) is 19.7. The summed E-state index contributed by atoms with van der Waals surface area (Å²) in [7, 11) is 0. The summed E-state index contributed by atoms with van der Waals surface area (Å²) < 4.78 is 9.86. The third-order valence-corrected chi connectivity index (χ3v) is 10.3. The van der Waals surface area contributed by atoms with Crippen molar-refractivity contribution in [3.05, 3.63) is 32.6 Å². The van der Waals surface area contributed by atoms with Gasteiger partial charge in [-0.2, -0.15) is 0 Å². The van der Waals surface area contributed by atoms with Crippen LogP contribution in [-0.2, 0) is 4.74 Å². The number of H-pyrrole nitrogens is 1. The number of aromatic amines is 1. The summed E-state index contributed by atoms with van der Waals surface area (Å²) in [6, 6.07) is 0. The molecular formula is C26H48N2O5Sn. The first kappa shape index (κ1) is 31.4. The number of hydrogen-bond acceptors (Lipinski definition) is 5. The van der Waals surface area contributed by atoms with E-state index in [2.05, 4.69) is 18.8 Å². The molecule has 1 saturated heterocycles. The molecule has 2 radical (unpaired) electrons. The Balaban J connectivity index is 0.000000340. The molecule has 0 aromatic carbocycles. The minimum Gasteiger partial charge on any atom is -0.394 e. The molecule has 1 aromatic heterocycles. The largest absolute Gasteiger partial charge is 0.394 e. The van der Waals surface area contributed by atoms with E-state index >= 15 is 0 Å². The molecule has 8 heteroatoms. The predicted molar refractivity (Wildman–Crippen MR) is 140 cm³/mol. The van der Waals surface area contributed by atoms with Crippen molar-refractivity contribution >= 4 is 21.1 Å². The van der Waals surface area contributed by atoms with Crippen LogP contribution in [-0.4, -0.2) is 59.7 Å². The van der Waals surface area contributed by atoms with Gasteiger partial charge in [-0.25, -0.2) is 4.79 Å². The first-order valence-corrected chi connectivity index (χ1v) is 17.4. The molecule has 2 heterocycles. The molecule has 0 saturated carbocycles. The molecule has 196 valence electrons. The summed E-state index contributed by atoms with van der Waals surface area (Å²) in [6.45, 7) is 5.86. The van der Waals surface area contributed by atoms with E-state index in [0.717, 1.165) is 0 Å². The zero-order chi connectivity index (χ0) is 25.2. The first-order valence-electron chi connectivity index (χ1n) is 13.4. The van der Waals surface area contributed by atoms with Crippen LogP contribution in [0.25, 0.3) is 0 Å². The summed E-state index contributed by atoms with van der Waals surface area (Å²) >= 11 is 0.0736. The van der Waals surface area contributed by atoms with Crippen LogP contribution in [0.3, 0.4) is 0 Å². The van der Waals surface area contributed by atoms with Gasteiger partial charge in [0.25, 0.3) is 5.56 Å². The second-order valence-electron chi connectivity index (χ2n) is 9.38. The van der Waals surface area contributed by atoms with E-state index in [9.17, 15) is 14.7 Å². The van der Waals surface area contributed by atoms with Crippen molar-refractivity contribution < 1.29 is 14.9 Å². The first-order chi connectivity index (χ1) is 16.4. The number of aliphatic hydroxyl groups excluding tert-OH is 2. The third-order valence-electron chi connectivity index (χ3n) is 6.25. The average Bonchev–Trinajstić information content (AvgIpc) is 3.20. The molecule has 1 aliphatic rings. The molecule has 1 aromatic rings. The smallest absolute Gasteiger partial charge is 0.330 e. The van der Waals surface area contributed by atoms with Crippen molar-refractivity contribution in [2.24, 2.45) is 0 Å². The van der Waals surface area contributed by atoms with Crippen molar-refractivity contribution in [1.82, 2.24) is 9.55 Å². The quantitative estimate of drug-likeness (QED) is 0.192. The van der Waals surface area contributed by atoms with Crippen LogP contribution in [0.4, 0.5) is 0 Å². The molecule has 0 spiro atoms. The number of aromatic nitrogens is 2. The Kier molecular flexibility index (Phi) is 18.0. The monoisotopic (exact) mass is 588 g/mol. The molecule has 34 heavy (non-hydrogen) atoms. The Hall–Kier alpha value is -0.641. The number of ether oxygens (including phenoxy) is 1. The van der Waals surface area contributed by atoms with Gasteiger partial charge in [-0.1, -0.05) is 0 Å². The molecule has 3 N–H and O–H groups in total. The maximum Gasteiger partial charge on any atom is 0.330 e. The molecule has 1 aliphatic heterocycles. The second-order valence-corrected chi connectivity index (χ2v) is 13.7. The van der Waals surface area contributed by atoms with Crippen LogP contribution >= 0.6 is 0 Å². The van der Waals surface area contributed by atoms with Gasteiger partial charge in [0.1, 0.15) is 12.3 Å². The van der Waals surface area contributed by atoms with Crippen molar-refractivity contribution in [3.63, 3.8) is 0 Å². The van der Waals surface area contributed by atoms with E-state index in [1.54, 1.807) is 28.6 Å². The third kappa shape index (κ3) is 12.9. The maximum absolute atomic E-state index is 11.6. The molecule has 0 amide bonds. The Morgan fingerprint density at radius 2 is 1.50 bits per heavy atom. The van der Waals surface area contributed by atoms with Crippen LogP contribution in [0, 0.1) is 6.92 Å². The number of unbranched alkanes of at least 4 members (excludes halogenated alkanes) is 10. The van der Waals surface area contributed by atoms with Crippen molar-refractivity contribution in [2.45, 2.75) is 132 Å². The van der Waals surface area contributed by atoms with Gasteiger partial charge in [0, 0.05) is 18.2 Å².